The fraction of sp³-hybridized carbons (Fsp3) is 0.600. The molecule has 2 rings (SSSR count). The fourth-order valence-corrected chi connectivity index (χ4v) is 3.00. The highest BCUT2D eigenvalue weighted by Crippen LogP contribution is 2.34. The lowest BCUT2D eigenvalue weighted by molar-refractivity contribution is 0.0790. The lowest BCUT2D eigenvalue weighted by Gasteiger charge is -2.42. The van der Waals surface area contributed by atoms with E-state index in [-0.39, 0.29) is 17.5 Å². The highest BCUT2D eigenvalue weighted by Gasteiger charge is 2.32. The zero-order valence-corrected chi connectivity index (χ0v) is 11.9. The zero-order chi connectivity index (χ0) is 14.9. The Labute approximate surface area is 117 Å². The van der Waals surface area contributed by atoms with Crippen molar-refractivity contribution in [2.75, 3.05) is 19.6 Å². The highest BCUT2D eigenvalue weighted by atomic mass is 19.2. The molecule has 1 fully saturated rings. The van der Waals surface area contributed by atoms with Gasteiger partial charge >= 0.3 is 0 Å². The van der Waals surface area contributed by atoms with Crippen LogP contribution in [-0.2, 0) is 0 Å². The molecule has 2 N–H and O–H groups in total. The number of likely N-dealkylation sites (tertiary alicyclic amines) is 1. The molecule has 20 heavy (non-hydrogen) atoms. The topological polar surface area (TPSA) is 29.3 Å². The largest absolute Gasteiger partial charge is 0.329 e. The molecule has 1 unspecified atom stereocenters. The lowest BCUT2D eigenvalue weighted by atomic mass is 9.83. The van der Waals surface area contributed by atoms with Crippen LogP contribution in [0.4, 0.5) is 13.2 Å². The molecular formula is C15H21F3N2. The molecule has 1 aromatic rings. The van der Waals surface area contributed by atoms with Gasteiger partial charge in [-0.2, -0.15) is 0 Å². The number of benzene rings is 1. The van der Waals surface area contributed by atoms with E-state index in [1.807, 2.05) is 0 Å². The van der Waals surface area contributed by atoms with E-state index in [0.717, 1.165) is 32.0 Å². The smallest absolute Gasteiger partial charge is 0.161 e. The second-order valence-electron chi connectivity index (χ2n) is 6.28. The zero-order valence-electron chi connectivity index (χ0n) is 11.9. The van der Waals surface area contributed by atoms with Crippen LogP contribution in [0.5, 0.6) is 0 Å². The standard InChI is InChI=1S/C15H21F3N2/c1-15(2)4-3-5-20(9-15)14(8-19)10-6-12(17)13(18)7-11(10)16/h6-7,14H,3-5,8-9,19H2,1-2H3. The summed E-state index contributed by atoms with van der Waals surface area (Å²) in [6, 6.07) is 1.12. The van der Waals surface area contributed by atoms with Crippen molar-refractivity contribution >= 4 is 0 Å². The van der Waals surface area contributed by atoms with Crippen LogP contribution in [0.1, 0.15) is 38.3 Å². The molecule has 1 aliphatic rings. The van der Waals surface area contributed by atoms with Gasteiger partial charge in [-0.1, -0.05) is 13.8 Å². The summed E-state index contributed by atoms with van der Waals surface area (Å²) in [5.41, 5.74) is 6.03. The Kier molecular flexibility index (Phi) is 4.39. The van der Waals surface area contributed by atoms with Crippen molar-refractivity contribution in [2.24, 2.45) is 11.1 Å². The second-order valence-corrected chi connectivity index (χ2v) is 6.28. The molecule has 5 heteroatoms. The van der Waals surface area contributed by atoms with Gasteiger partial charge in [-0.15, -0.1) is 0 Å². The number of hydrogen-bond donors (Lipinski definition) is 1. The second kappa shape index (κ2) is 5.74. The number of hydrogen-bond acceptors (Lipinski definition) is 2. The van der Waals surface area contributed by atoms with Gasteiger partial charge in [0.05, 0.1) is 6.04 Å². The Morgan fingerprint density at radius 3 is 2.45 bits per heavy atom. The third-order valence-electron chi connectivity index (χ3n) is 3.99. The molecule has 1 aliphatic heterocycles. The molecule has 0 amide bonds. The molecule has 0 bridgehead atoms. The lowest BCUT2D eigenvalue weighted by Crippen LogP contribution is -2.44. The van der Waals surface area contributed by atoms with Gasteiger partial charge < -0.3 is 5.73 Å². The first kappa shape index (κ1) is 15.3. The van der Waals surface area contributed by atoms with Crippen molar-refractivity contribution < 1.29 is 13.2 Å². The maximum atomic E-state index is 13.9. The molecule has 2 nitrogen and oxygen atoms in total. The van der Waals surface area contributed by atoms with Crippen molar-refractivity contribution in [3.8, 4) is 0 Å². The van der Waals surface area contributed by atoms with Crippen LogP contribution in [0.2, 0.25) is 0 Å². The van der Waals surface area contributed by atoms with Gasteiger partial charge in [0.15, 0.2) is 11.6 Å². The number of nitrogens with two attached hydrogens (primary N) is 1. The minimum absolute atomic E-state index is 0.126. The Balaban J connectivity index is 2.30. The first-order valence-corrected chi connectivity index (χ1v) is 6.92. The van der Waals surface area contributed by atoms with Gasteiger partial charge in [0.2, 0.25) is 0 Å². The SMILES string of the molecule is CC1(C)CCCN(C(CN)c2cc(F)c(F)cc2F)C1. The van der Waals surface area contributed by atoms with Crippen LogP contribution < -0.4 is 5.73 Å². The molecule has 112 valence electrons. The Hall–Kier alpha value is -1.07. The van der Waals surface area contributed by atoms with Crippen LogP contribution in [0.25, 0.3) is 0 Å². The summed E-state index contributed by atoms with van der Waals surface area (Å²) < 4.78 is 40.3. The van der Waals surface area contributed by atoms with Crippen LogP contribution >= 0.6 is 0 Å². The monoisotopic (exact) mass is 286 g/mol. The molecule has 0 aliphatic carbocycles. The van der Waals surface area contributed by atoms with E-state index in [2.05, 4.69) is 18.7 Å². The minimum atomic E-state index is -1.17. The van der Waals surface area contributed by atoms with Crippen molar-refractivity contribution in [1.29, 1.82) is 0 Å². The summed E-state index contributed by atoms with van der Waals surface area (Å²) in [5.74, 6) is -2.93. The summed E-state index contributed by atoms with van der Waals surface area (Å²) in [6.45, 7) is 6.04. The van der Waals surface area contributed by atoms with Crippen LogP contribution in [0.15, 0.2) is 12.1 Å². The molecule has 0 radical (unpaired) electrons. The molecule has 1 aromatic carbocycles. The molecule has 0 saturated carbocycles. The van der Waals surface area contributed by atoms with Gasteiger partial charge in [-0.3, -0.25) is 4.90 Å². The van der Waals surface area contributed by atoms with Gasteiger partial charge in [0.25, 0.3) is 0 Å². The number of halogens is 3. The van der Waals surface area contributed by atoms with Gasteiger partial charge in [0.1, 0.15) is 5.82 Å². The van der Waals surface area contributed by atoms with Gasteiger partial charge in [-0.05, 0) is 30.9 Å². The number of rotatable bonds is 3. The summed E-state index contributed by atoms with van der Waals surface area (Å²) >= 11 is 0. The Bertz CT molecular complexity index is 488. The van der Waals surface area contributed by atoms with Crippen molar-refractivity contribution in [1.82, 2.24) is 4.90 Å². The van der Waals surface area contributed by atoms with Crippen LogP contribution in [0, 0.1) is 22.9 Å². The maximum absolute atomic E-state index is 13.9. The van der Waals surface area contributed by atoms with Crippen LogP contribution in [0.3, 0.4) is 0 Å². The van der Waals surface area contributed by atoms with Crippen LogP contribution in [-0.4, -0.2) is 24.5 Å². The average Bonchev–Trinajstić information content (AvgIpc) is 2.35. The predicted octanol–water partition coefficient (Wildman–Crippen LogP) is 3.23. The average molecular weight is 286 g/mol. The van der Waals surface area contributed by atoms with Gasteiger partial charge in [0, 0.05) is 24.7 Å². The van der Waals surface area contributed by atoms with E-state index < -0.39 is 23.5 Å². The summed E-state index contributed by atoms with van der Waals surface area (Å²) in [4.78, 5) is 2.07. The number of piperidine rings is 1. The molecule has 1 heterocycles. The molecule has 0 aromatic heterocycles. The highest BCUT2D eigenvalue weighted by molar-refractivity contribution is 5.24. The van der Waals surface area contributed by atoms with Gasteiger partial charge in [-0.25, -0.2) is 13.2 Å². The van der Waals surface area contributed by atoms with Crippen molar-refractivity contribution in [3.63, 3.8) is 0 Å². The maximum Gasteiger partial charge on any atom is 0.161 e. The fourth-order valence-electron chi connectivity index (χ4n) is 3.00. The molecule has 1 atom stereocenters. The Morgan fingerprint density at radius 2 is 1.85 bits per heavy atom. The third kappa shape index (κ3) is 3.15. The van der Waals surface area contributed by atoms with E-state index in [9.17, 15) is 13.2 Å². The molecule has 1 saturated heterocycles. The quantitative estimate of drug-likeness (QED) is 0.864. The van der Waals surface area contributed by atoms with E-state index in [4.69, 9.17) is 5.73 Å². The molecule has 0 spiro atoms. The first-order valence-electron chi connectivity index (χ1n) is 6.92. The van der Waals surface area contributed by atoms with E-state index in [1.165, 1.54) is 0 Å². The van der Waals surface area contributed by atoms with Crippen molar-refractivity contribution in [3.05, 3.63) is 35.1 Å². The summed E-state index contributed by atoms with van der Waals surface area (Å²) in [5, 5.41) is 0. The minimum Gasteiger partial charge on any atom is -0.329 e. The number of nitrogens with zero attached hydrogens (tertiary/aromatic N) is 1. The summed E-state index contributed by atoms with van der Waals surface area (Å²) in [7, 11) is 0. The summed E-state index contributed by atoms with van der Waals surface area (Å²) in [6.07, 6.45) is 2.09. The predicted molar refractivity (Wildman–Crippen MR) is 72.7 cm³/mol. The van der Waals surface area contributed by atoms with E-state index in [0.29, 0.717) is 6.07 Å². The van der Waals surface area contributed by atoms with Crippen molar-refractivity contribution in [2.45, 2.75) is 32.7 Å². The van der Waals surface area contributed by atoms with E-state index in [1.54, 1.807) is 0 Å². The normalized spacial score (nSPS) is 20.9. The first-order chi connectivity index (χ1) is 9.34. The third-order valence-corrected chi connectivity index (χ3v) is 3.99. The molecular weight excluding hydrogens is 265 g/mol. The van der Waals surface area contributed by atoms with E-state index >= 15 is 0 Å². The Morgan fingerprint density at radius 1 is 1.20 bits per heavy atom.